The zero-order valence-electron chi connectivity index (χ0n) is 11.8. The summed E-state index contributed by atoms with van der Waals surface area (Å²) in [4.78, 5) is 22.9. The van der Waals surface area contributed by atoms with Gasteiger partial charge in [0.25, 0.3) is 0 Å². The number of amides is 2. The lowest BCUT2D eigenvalue weighted by Gasteiger charge is -2.19. The van der Waals surface area contributed by atoms with Gasteiger partial charge >= 0.3 is 6.09 Å². The monoisotopic (exact) mass is 342 g/mol. The van der Waals surface area contributed by atoms with Gasteiger partial charge in [-0.25, -0.2) is 10.2 Å². The van der Waals surface area contributed by atoms with Crippen LogP contribution in [0.25, 0.3) is 0 Å². The van der Waals surface area contributed by atoms with E-state index in [1.54, 1.807) is 20.8 Å². The molecule has 2 amide bonds. The van der Waals surface area contributed by atoms with Crippen molar-refractivity contribution in [2.24, 2.45) is 0 Å². The molecule has 1 aromatic carbocycles. The number of rotatable bonds is 3. The quantitative estimate of drug-likeness (QED) is 0.830. The molecule has 1 aromatic rings. The highest BCUT2D eigenvalue weighted by Crippen LogP contribution is 2.11. The third-order valence-corrected chi connectivity index (χ3v) is 2.79. The second-order valence-corrected chi connectivity index (χ2v) is 6.22. The number of hydrogen-bond donors (Lipinski definition) is 2. The third-order valence-electron chi connectivity index (χ3n) is 2.26. The predicted octanol–water partition coefficient (Wildman–Crippen LogP) is 2.94. The van der Waals surface area contributed by atoms with Crippen molar-refractivity contribution in [1.82, 2.24) is 10.9 Å². The van der Waals surface area contributed by atoms with Gasteiger partial charge in [-0.05, 0) is 44.9 Å². The van der Waals surface area contributed by atoms with E-state index in [1.807, 2.05) is 24.3 Å². The molecule has 0 atom stereocenters. The third kappa shape index (κ3) is 7.13. The van der Waals surface area contributed by atoms with Crippen LogP contribution >= 0.6 is 15.9 Å². The van der Waals surface area contributed by atoms with Gasteiger partial charge in [0.2, 0.25) is 5.91 Å². The van der Waals surface area contributed by atoms with E-state index in [-0.39, 0.29) is 12.3 Å². The zero-order chi connectivity index (χ0) is 15.2. The van der Waals surface area contributed by atoms with Crippen molar-refractivity contribution in [2.45, 2.75) is 39.2 Å². The second kappa shape index (κ2) is 7.28. The van der Waals surface area contributed by atoms with Gasteiger partial charge in [0.15, 0.2) is 0 Å². The maximum atomic E-state index is 11.6. The van der Waals surface area contributed by atoms with Gasteiger partial charge in [0, 0.05) is 10.9 Å². The van der Waals surface area contributed by atoms with Crippen LogP contribution in [0.2, 0.25) is 0 Å². The Morgan fingerprint density at radius 1 is 1.15 bits per heavy atom. The van der Waals surface area contributed by atoms with Crippen molar-refractivity contribution in [1.29, 1.82) is 0 Å². The summed E-state index contributed by atoms with van der Waals surface area (Å²) in [5.74, 6) is -0.265. The van der Waals surface area contributed by atoms with E-state index >= 15 is 0 Å². The number of aryl methyl sites for hydroxylation is 1. The molecule has 0 fully saturated rings. The SMILES string of the molecule is CC(C)(C)OC(=O)NNC(=O)CCc1ccc(Br)cc1. The maximum Gasteiger partial charge on any atom is 0.426 e. The minimum absolute atomic E-state index is 0.265. The topological polar surface area (TPSA) is 67.4 Å². The number of carbonyl (C=O) groups is 2. The predicted molar refractivity (Wildman–Crippen MR) is 80.0 cm³/mol. The molecule has 0 saturated heterocycles. The van der Waals surface area contributed by atoms with E-state index < -0.39 is 11.7 Å². The molecular formula is C14H19BrN2O3. The summed E-state index contributed by atoms with van der Waals surface area (Å²) >= 11 is 3.35. The van der Waals surface area contributed by atoms with Crippen molar-refractivity contribution >= 4 is 27.9 Å². The zero-order valence-corrected chi connectivity index (χ0v) is 13.4. The van der Waals surface area contributed by atoms with Crippen LogP contribution in [0.15, 0.2) is 28.7 Å². The standard InChI is InChI=1S/C14H19BrN2O3/c1-14(2,3)20-13(19)17-16-12(18)9-6-10-4-7-11(15)8-5-10/h4-5,7-8H,6,9H2,1-3H3,(H,16,18)(H,17,19). The Morgan fingerprint density at radius 2 is 1.75 bits per heavy atom. The van der Waals surface area contributed by atoms with Crippen LogP contribution in [-0.4, -0.2) is 17.6 Å². The maximum absolute atomic E-state index is 11.6. The number of hydrazine groups is 1. The Labute approximate surface area is 127 Å². The van der Waals surface area contributed by atoms with Crippen molar-refractivity contribution in [2.75, 3.05) is 0 Å². The van der Waals surface area contributed by atoms with Crippen molar-refractivity contribution in [3.05, 3.63) is 34.3 Å². The molecule has 0 unspecified atom stereocenters. The summed E-state index contributed by atoms with van der Waals surface area (Å²) in [6.07, 6.45) is 0.224. The molecule has 0 bridgehead atoms. The molecule has 0 aliphatic heterocycles. The Hall–Kier alpha value is -1.56. The number of nitrogens with one attached hydrogen (secondary N) is 2. The summed E-state index contributed by atoms with van der Waals surface area (Å²) in [5, 5.41) is 0. The molecule has 1 rings (SSSR count). The summed E-state index contributed by atoms with van der Waals surface area (Å²) in [5.41, 5.74) is 5.00. The highest BCUT2D eigenvalue weighted by atomic mass is 79.9. The van der Waals surface area contributed by atoms with Crippen molar-refractivity contribution in [3.8, 4) is 0 Å². The minimum Gasteiger partial charge on any atom is -0.443 e. The minimum atomic E-state index is -0.672. The second-order valence-electron chi connectivity index (χ2n) is 5.30. The van der Waals surface area contributed by atoms with Gasteiger partial charge in [-0.2, -0.15) is 0 Å². The lowest BCUT2D eigenvalue weighted by molar-refractivity contribution is -0.122. The summed E-state index contributed by atoms with van der Waals surface area (Å²) in [7, 11) is 0. The van der Waals surface area contributed by atoms with Gasteiger partial charge in [0.05, 0.1) is 0 Å². The van der Waals surface area contributed by atoms with E-state index in [0.29, 0.717) is 6.42 Å². The average molecular weight is 343 g/mol. The van der Waals surface area contributed by atoms with E-state index in [4.69, 9.17) is 4.74 Å². The Kier molecular flexibility index (Phi) is 6.01. The molecular weight excluding hydrogens is 324 g/mol. The lowest BCUT2D eigenvalue weighted by Crippen LogP contribution is -2.44. The van der Waals surface area contributed by atoms with Gasteiger partial charge in [-0.1, -0.05) is 28.1 Å². The molecule has 0 radical (unpaired) electrons. The fourth-order valence-corrected chi connectivity index (χ4v) is 1.66. The van der Waals surface area contributed by atoms with Crippen molar-refractivity contribution < 1.29 is 14.3 Å². The molecule has 0 aliphatic rings. The Balaban J connectivity index is 2.27. The average Bonchev–Trinajstić information content (AvgIpc) is 2.33. The number of carbonyl (C=O) groups excluding carboxylic acids is 2. The highest BCUT2D eigenvalue weighted by molar-refractivity contribution is 9.10. The molecule has 6 heteroatoms. The summed E-state index contributed by atoms with van der Waals surface area (Å²) in [6, 6.07) is 7.73. The largest absolute Gasteiger partial charge is 0.443 e. The lowest BCUT2D eigenvalue weighted by atomic mass is 10.1. The molecule has 0 spiro atoms. The van der Waals surface area contributed by atoms with Gasteiger partial charge in [-0.15, -0.1) is 0 Å². The number of benzene rings is 1. The van der Waals surface area contributed by atoms with Crippen LogP contribution in [0.5, 0.6) is 0 Å². The first-order chi connectivity index (χ1) is 9.26. The smallest absolute Gasteiger partial charge is 0.426 e. The first-order valence-electron chi connectivity index (χ1n) is 6.28. The molecule has 5 nitrogen and oxygen atoms in total. The van der Waals surface area contributed by atoms with Crippen LogP contribution in [-0.2, 0) is 16.0 Å². The fraction of sp³-hybridized carbons (Fsp3) is 0.429. The van der Waals surface area contributed by atoms with Crippen LogP contribution in [0.3, 0.4) is 0 Å². The van der Waals surface area contributed by atoms with Gasteiger partial charge < -0.3 is 4.74 Å². The van der Waals surface area contributed by atoms with Crippen molar-refractivity contribution in [3.63, 3.8) is 0 Å². The van der Waals surface area contributed by atoms with Gasteiger partial charge in [-0.3, -0.25) is 10.2 Å². The van der Waals surface area contributed by atoms with E-state index in [9.17, 15) is 9.59 Å². The molecule has 0 saturated carbocycles. The van der Waals surface area contributed by atoms with Crippen LogP contribution in [0.1, 0.15) is 32.8 Å². The van der Waals surface area contributed by atoms with Crippen LogP contribution in [0.4, 0.5) is 4.79 Å². The summed E-state index contributed by atoms with van der Waals surface area (Å²) in [6.45, 7) is 5.26. The summed E-state index contributed by atoms with van der Waals surface area (Å²) < 4.78 is 5.99. The van der Waals surface area contributed by atoms with E-state index in [0.717, 1.165) is 10.0 Å². The van der Waals surface area contributed by atoms with Gasteiger partial charge in [0.1, 0.15) is 5.60 Å². The number of hydrogen-bond acceptors (Lipinski definition) is 3. The fourth-order valence-electron chi connectivity index (χ4n) is 1.40. The number of ether oxygens (including phenoxy) is 1. The molecule has 0 aromatic heterocycles. The van der Waals surface area contributed by atoms with E-state index in [1.165, 1.54) is 0 Å². The molecule has 0 aliphatic carbocycles. The Morgan fingerprint density at radius 3 is 2.30 bits per heavy atom. The molecule has 110 valence electrons. The highest BCUT2D eigenvalue weighted by Gasteiger charge is 2.16. The number of halogens is 1. The van der Waals surface area contributed by atoms with E-state index in [2.05, 4.69) is 26.8 Å². The normalized spacial score (nSPS) is 10.8. The van der Waals surface area contributed by atoms with Crippen LogP contribution in [0, 0.1) is 0 Å². The first kappa shape index (κ1) is 16.5. The first-order valence-corrected chi connectivity index (χ1v) is 7.08. The molecule has 20 heavy (non-hydrogen) atoms. The molecule has 2 N–H and O–H groups in total. The molecule has 0 heterocycles. The Bertz CT molecular complexity index is 466. The van der Waals surface area contributed by atoms with Crippen LogP contribution < -0.4 is 10.9 Å².